The summed E-state index contributed by atoms with van der Waals surface area (Å²) in [5, 5.41) is 8.79. The first-order valence-electron chi connectivity index (χ1n) is 5.51. The Morgan fingerprint density at radius 2 is 2.11 bits per heavy atom. The summed E-state index contributed by atoms with van der Waals surface area (Å²) in [6, 6.07) is 8.96. The fourth-order valence-corrected chi connectivity index (χ4v) is 1.72. The van der Waals surface area contributed by atoms with Gasteiger partial charge in [-0.25, -0.2) is 4.79 Å². The molecular formula is C13H11N3O3. The third kappa shape index (κ3) is 2.55. The van der Waals surface area contributed by atoms with Crippen molar-refractivity contribution in [1.29, 1.82) is 5.26 Å². The Kier molecular flexibility index (Phi) is 3.48. The van der Waals surface area contributed by atoms with Crippen molar-refractivity contribution < 1.29 is 4.74 Å². The van der Waals surface area contributed by atoms with Gasteiger partial charge in [0.1, 0.15) is 17.4 Å². The maximum atomic E-state index is 11.7. The molecule has 19 heavy (non-hydrogen) atoms. The van der Waals surface area contributed by atoms with Crippen molar-refractivity contribution in [2.75, 3.05) is 7.11 Å². The van der Waals surface area contributed by atoms with E-state index in [1.807, 2.05) is 18.2 Å². The zero-order valence-corrected chi connectivity index (χ0v) is 10.2. The van der Waals surface area contributed by atoms with Crippen LogP contribution >= 0.6 is 0 Å². The Hall–Kier alpha value is -2.81. The van der Waals surface area contributed by atoms with Crippen molar-refractivity contribution in [2.45, 2.75) is 6.54 Å². The van der Waals surface area contributed by atoms with Crippen LogP contribution in [0.15, 0.2) is 40.1 Å². The highest BCUT2D eigenvalue weighted by Gasteiger charge is 2.07. The topological polar surface area (TPSA) is 87.9 Å². The average molecular weight is 257 g/mol. The number of rotatable bonds is 3. The van der Waals surface area contributed by atoms with Crippen molar-refractivity contribution in [2.24, 2.45) is 0 Å². The zero-order valence-electron chi connectivity index (χ0n) is 10.2. The van der Waals surface area contributed by atoms with Crippen molar-refractivity contribution in [3.63, 3.8) is 0 Å². The van der Waals surface area contributed by atoms with E-state index >= 15 is 0 Å². The second-order valence-electron chi connectivity index (χ2n) is 3.85. The molecule has 0 saturated heterocycles. The lowest BCUT2D eigenvalue weighted by atomic mass is 10.2. The lowest BCUT2D eigenvalue weighted by Crippen LogP contribution is -2.31. The fourth-order valence-electron chi connectivity index (χ4n) is 1.72. The molecule has 1 aromatic heterocycles. The number of para-hydroxylation sites is 1. The van der Waals surface area contributed by atoms with E-state index in [2.05, 4.69) is 4.98 Å². The minimum atomic E-state index is -0.677. The van der Waals surface area contributed by atoms with Gasteiger partial charge in [0, 0.05) is 11.8 Å². The highest BCUT2D eigenvalue weighted by molar-refractivity contribution is 5.33. The van der Waals surface area contributed by atoms with Crippen LogP contribution in [0, 0.1) is 11.3 Å². The van der Waals surface area contributed by atoms with Gasteiger partial charge in [0.25, 0.3) is 5.56 Å². The van der Waals surface area contributed by atoms with Gasteiger partial charge in [-0.2, -0.15) is 5.26 Å². The number of hydrogen-bond donors (Lipinski definition) is 1. The third-order valence-corrected chi connectivity index (χ3v) is 2.66. The number of methoxy groups -OCH3 is 1. The van der Waals surface area contributed by atoms with E-state index in [-0.39, 0.29) is 12.1 Å². The Morgan fingerprint density at radius 1 is 1.37 bits per heavy atom. The minimum Gasteiger partial charge on any atom is -0.496 e. The molecule has 2 rings (SSSR count). The van der Waals surface area contributed by atoms with E-state index in [9.17, 15) is 9.59 Å². The average Bonchev–Trinajstić information content (AvgIpc) is 2.42. The van der Waals surface area contributed by atoms with Crippen molar-refractivity contribution >= 4 is 0 Å². The Labute approximate surface area is 108 Å². The smallest absolute Gasteiger partial charge is 0.328 e. The van der Waals surface area contributed by atoms with Gasteiger partial charge >= 0.3 is 5.69 Å². The molecule has 2 aromatic rings. The first kappa shape index (κ1) is 12.6. The van der Waals surface area contributed by atoms with Crippen LogP contribution in [-0.4, -0.2) is 16.7 Å². The highest BCUT2D eigenvalue weighted by Crippen LogP contribution is 2.17. The number of nitrogens with one attached hydrogen (secondary N) is 1. The second kappa shape index (κ2) is 5.23. The Balaban J connectivity index is 2.47. The van der Waals surface area contributed by atoms with Crippen molar-refractivity contribution in [3.8, 4) is 11.8 Å². The molecule has 0 atom stereocenters. The maximum absolute atomic E-state index is 11.7. The largest absolute Gasteiger partial charge is 0.496 e. The van der Waals surface area contributed by atoms with Gasteiger partial charge in [-0.15, -0.1) is 0 Å². The molecule has 0 amide bonds. The molecule has 0 radical (unpaired) electrons. The number of H-pyrrole nitrogens is 1. The van der Waals surface area contributed by atoms with E-state index in [4.69, 9.17) is 10.00 Å². The van der Waals surface area contributed by atoms with Gasteiger partial charge in [0.05, 0.1) is 13.7 Å². The summed E-state index contributed by atoms with van der Waals surface area (Å²) in [5.74, 6) is 0.638. The molecule has 0 aliphatic heterocycles. The first-order chi connectivity index (χ1) is 9.15. The summed E-state index contributed by atoms with van der Waals surface area (Å²) in [6.07, 6.45) is 1.24. The van der Waals surface area contributed by atoms with E-state index in [1.165, 1.54) is 17.9 Å². The van der Waals surface area contributed by atoms with Crippen molar-refractivity contribution in [3.05, 3.63) is 62.4 Å². The molecule has 0 aliphatic rings. The molecule has 6 nitrogen and oxygen atoms in total. The second-order valence-corrected chi connectivity index (χ2v) is 3.85. The van der Waals surface area contributed by atoms with Gasteiger partial charge in [-0.05, 0) is 6.07 Å². The number of hydrogen-bond acceptors (Lipinski definition) is 4. The molecule has 0 aliphatic carbocycles. The van der Waals surface area contributed by atoms with Crippen LogP contribution in [0.25, 0.3) is 0 Å². The molecule has 96 valence electrons. The van der Waals surface area contributed by atoms with Crippen LogP contribution in [0.5, 0.6) is 5.75 Å². The number of nitrogens with zero attached hydrogens (tertiary/aromatic N) is 2. The van der Waals surface area contributed by atoms with E-state index in [1.54, 1.807) is 12.1 Å². The summed E-state index contributed by atoms with van der Waals surface area (Å²) in [5.41, 5.74) is -0.559. The van der Waals surface area contributed by atoms with Crippen LogP contribution in [0.4, 0.5) is 0 Å². The lowest BCUT2D eigenvalue weighted by molar-refractivity contribution is 0.408. The Morgan fingerprint density at radius 3 is 2.79 bits per heavy atom. The molecule has 1 N–H and O–H groups in total. The van der Waals surface area contributed by atoms with Crippen LogP contribution in [0.2, 0.25) is 0 Å². The third-order valence-electron chi connectivity index (χ3n) is 2.66. The van der Waals surface area contributed by atoms with Crippen LogP contribution < -0.4 is 16.0 Å². The molecule has 6 heteroatoms. The molecule has 0 bridgehead atoms. The number of nitriles is 1. The quantitative estimate of drug-likeness (QED) is 0.865. The van der Waals surface area contributed by atoms with E-state index < -0.39 is 11.2 Å². The van der Waals surface area contributed by atoms with Gasteiger partial charge in [-0.1, -0.05) is 18.2 Å². The molecule has 0 unspecified atom stereocenters. The summed E-state index contributed by atoms with van der Waals surface area (Å²) < 4.78 is 6.45. The number of benzene rings is 1. The predicted octanol–water partition coefficient (Wildman–Crippen LogP) is 0.465. The molecule has 1 heterocycles. The molecular weight excluding hydrogens is 246 g/mol. The minimum absolute atomic E-state index is 0.102. The first-order valence-corrected chi connectivity index (χ1v) is 5.51. The summed E-state index contributed by atoms with van der Waals surface area (Å²) in [7, 11) is 1.54. The van der Waals surface area contributed by atoms with Gasteiger partial charge in [-0.3, -0.25) is 14.3 Å². The normalized spacial score (nSPS) is 9.89. The molecule has 0 spiro atoms. The van der Waals surface area contributed by atoms with Crippen molar-refractivity contribution in [1.82, 2.24) is 9.55 Å². The Bertz CT molecular complexity index is 753. The van der Waals surface area contributed by atoms with Gasteiger partial charge < -0.3 is 4.74 Å². The van der Waals surface area contributed by atoms with Crippen LogP contribution in [0.3, 0.4) is 0 Å². The number of aromatic nitrogens is 2. The van der Waals surface area contributed by atoms with Gasteiger partial charge in [0.15, 0.2) is 0 Å². The lowest BCUT2D eigenvalue weighted by Gasteiger charge is -2.09. The van der Waals surface area contributed by atoms with Crippen LogP contribution in [0.1, 0.15) is 11.1 Å². The summed E-state index contributed by atoms with van der Waals surface area (Å²) >= 11 is 0. The highest BCUT2D eigenvalue weighted by atomic mass is 16.5. The zero-order chi connectivity index (χ0) is 13.8. The standard InChI is InChI=1S/C13H11N3O3/c1-19-11-5-3-2-4-9(11)7-16-8-10(6-14)12(17)15-13(16)18/h2-5,8H,7H2,1H3,(H,15,17,18). The summed E-state index contributed by atoms with van der Waals surface area (Å²) in [6.45, 7) is 0.217. The van der Waals surface area contributed by atoms with Crippen LogP contribution in [-0.2, 0) is 6.54 Å². The monoisotopic (exact) mass is 257 g/mol. The summed E-state index contributed by atoms with van der Waals surface area (Å²) in [4.78, 5) is 25.1. The molecule has 0 fully saturated rings. The van der Waals surface area contributed by atoms with E-state index in [0.717, 1.165) is 5.56 Å². The fraction of sp³-hybridized carbons (Fsp3) is 0.154. The number of ether oxygens (including phenoxy) is 1. The molecule has 0 saturated carbocycles. The molecule has 1 aromatic carbocycles. The van der Waals surface area contributed by atoms with E-state index in [0.29, 0.717) is 5.75 Å². The van der Waals surface area contributed by atoms with Gasteiger partial charge in [0.2, 0.25) is 0 Å². The SMILES string of the molecule is COc1ccccc1Cn1cc(C#N)c(=O)[nH]c1=O. The maximum Gasteiger partial charge on any atom is 0.328 e. The predicted molar refractivity (Wildman–Crippen MR) is 68.1 cm³/mol. The number of aromatic amines is 1.